The van der Waals surface area contributed by atoms with Crippen LogP contribution in [0.2, 0.25) is 0 Å². The molecule has 4 atom stereocenters. The molecule has 0 radical (unpaired) electrons. The van der Waals surface area contributed by atoms with E-state index in [9.17, 15) is 19.5 Å². The Morgan fingerprint density at radius 2 is 1.89 bits per heavy atom. The third kappa shape index (κ3) is 6.30. The predicted octanol–water partition coefficient (Wildman–Crippen LogP) is 3.39. The molecule has 1 aliphatic carbocycles. The van der Waals surface area contributed by atoms with Crippen molar-refractivity contribution < 1.29 is 29.3 Å². The number of esters is 1. The molecule has 1 aromatic carbocycles. The van der Waals surface area contributed by atoms with Crippen LogP contribution < -0.4 is 0 Å². The summed E-state index contributed by atoms with van der Waals surface area (Å²) in [4.78, 5) is 35.6. The standard InChI is InChI=1S/C22H28O6/c1-2-3-5-10-16(23)11-12-17-18(13-21(25)26)19(24)14-20(17)28-22(27)15-8-6-4-7-9-15/h4,6-9,11-12,17-20,24H,2-3,5,10,13-14H2,1H3,(H,25,26)/t17-,18-,19+,20-/m1/s1. The number of aliphatic hydroxyl groups is 1. The third-order valence-corrected chi connectivity index (χ3v) is 5.10. The Labute approximate surface area is 165 Å². The lowest BCUT2D eigenvalue weighted by Gasteiger charge is -2.21. The number of ether oxygens (including phenoxy) is 1. The van der Waals surface area contributed by atoms with Crippen molar-refractivity contribution >= 4 is 17.7 Å². The van der Waals surface area contributed by atoms with Crippen molar-refractivity contribution in [3.05, 3.63) is 48.0 Å². The molecule has 0 amide bonds. The molecule has 0 aliphatic heterocycles. The van der Waals surface area contributed by atoms with Gasteiger partial charge in [0.25, 0.3) is 0 Å². The first-order valence-electron chi connectivity index (χ1n) is 9.79. The number of carbonyl (C=O) groups excluding carboxylic acids is 2. The van der Waals surface area contributed by atoms with Crippen molar-refractivity contribution in [2.75, 3.05) is 0 Å². The third-order valence-electron chi connectivity index (χ3n) is 5.10. The van der Waals surface area contributed by atoms with Gasteiger partial charge in [-0.1, -0.05) is 44.0 Å². The summed E-state index contributed by atoms with van der Waals surface area (Å²) in [6.07, 6.45) is 4.59. The molecule has 28 heavy (non-hydrogen) atoms. The minimum Gasteiger partial charge on any atom is -0.481 e. The second-order valence-electron chi connectivity index (χ2n) is 7.23. The fraction of sp³-hybridized carbons (Fsp3) is 0.500. The number of allylic oxidation sites excluding steroid dienone is 1. The zero-order valence-electron chi connectivity index (χ0n) is 16.1. The van der Waals surface area contributed by atoms with Crippen molar-refractivity contribution in [1.82, 2.24) is 0 Å². The molecule has 0 aromatic heterocycles. The number of hydrogen-bond donors (Lipinski definition) is 2. The van der Waals surface area contributed by atoms with E-state index in [1.165, 1.54) is 6.08 Å². The first-order valence-corrected chi connectivity index (χ1v) is 9.79. The van der Waals surface area contributed by atoms with E-state index in [0.717, 1.165) is 19.3 Å². The molecule has 1 aromatic rings. The summed E-state index contributed by atoms with van der Waals surface area (Å²) in [5.41, 5.74) is 0.386. The Balaban J connectivity index is 2.11. The van der Waals surface area contributed by atoms with E-state index >= 15 is 0 Å². The van der Waals surface area contributed by atoms with Crippen molar-refractivity contribution in [2.24, 2.45) is 11.8 Å². The number of aliphatic carboxylic acids is 1. The molecule has 6 heteroatoms. The van der Waals surface area contributed by atoms with E-state index in [2.05, 4.69) is 6.92 Å². The Kier molecular flexibility index (Phi) is 8.39. The van der Waals surface area contributed by atoms with Crippen LogP contribution in [-0.2, 0) is 14.3 Å². The minimum absolute atomic E-state index is 0.0444. The van der Waals surface area contributed by atoms with Gasteiger partial charge in [-0.3, -0.25) is 9.59 Å². The molecule has 0 bridgehead atoms. The summed E-state index contributed by atoms with van der Waals surface area (Å²) in [5.74, 6) is -2.73. The Bertz CT molecular complexity index is 696. The molecule has 0 heterocycles. The number of hydrogen-bond acceptors (Lipinski definition) is 5. The molecule has 1 fully saturated rings. The monoisotopic (exact) mass is 388 g/mol. The molecule has 0 spiro atoms. The lowest BCUT2D eigenvalue weighted by Crippen LogP contribution is -2.26. The lowest BCUT2D eigenvalue weighted by atomic mass is 9.90. The first kappa shape index (κ1) is 21.8. The van der Waals surface area contributed by atoms with E-state index in [4.69, 9.17) is 9.84 Å². The zero-order valence-corrected chi connectivity index (χ0v) is 16.1. The van der Waals surface area contributed by atoms with Crippen LogP contribution in [0.5, 0.6) is 0 Å². The van der Waals surface area contributed by atoms with Crippen LogP contribution in [0.3, 0.4) is 0 Å². The van der Waals surface area contributed by atoms with Crippen LogP contribution in [0, 0.1) is 11.8 Å². The summed E-state index contributed by atoms with van der Waals surface area (Å²) in [6.45, 7) is 2.06. The maximum Gasteiger partial charge on any atom is 0.338 e. The fourth-order valence-electron chi connectivity index (χ4n) is 3.60. The van der Waals surface area contributed by atoms with E-state index in [1.54, 1.807) is 36.4 Å². The van der Waals surface area contributed by atoms with Gasteiger partial charge in [0, 0.05) is 24.7 Å². The topological polar surface area (TPSA) is 101 Å². The molecule has 0 saturated heterocycles. The molecule has 2 N–H and O–H groups in total. The zero-order chi connectivity index (χ0) is 20.5. The van der Waals surface area contributed by atoms with Crippen LogP contribution in [0.15, 0.2) is 42.5 Å². The van der Waals surface area contributed by atoms with Gasteiger partial charge in [0.2, 0.25) is 0 Å². The Morgan fingerprint density at radius 3 is 2.54 bits per heavy atom. The highest BCUT2D eigenvalue weighted by Crippen LogP contribution is 2.38. The highest BCUT2D eigenvalue weighted by molar-refractivity contribution is 5.90. The number of benzene rings is 1. The minimum atomic E-state index is -1.04. The van der Waals surface area contributed by atoms with Crippen molar-refractivity contribution in [3.63, 3.8) is 0 Å². The van der Waals surface area contributed by atoms with Gasteiger partial charge < -0.3 is 14.9 Å². The van der Waals surface area contributed by atoms with Crippen LogP contribution in [-0.4, -0.2) is 40.1 Å². The average Bonchev–Trinajstić information content (AvgIpc) is 2.95. The van der Waals surface area contributed by atoms with Gasteiger partial charge in [-0.2, -0.15) is 0 Å². The highest BCUT2D eigenvalue weighted by atomic mass is 16.5. The summed E-state index contributed by atoms with van der Waals surface area (Å²) in [5, 5.41) is 19.5. The summed E-state index contributed by atoms with van der Waals surface area (Å²) in [6, 6.07) is 8.49. The smallest absolute Gasteiger partial charge is 0.338 e. The van der Waals surface area contributed by atoms with Crippen molar-refractivity contribution in [2.45, 2.75) is 57.7 Å². The molecule has 1 saturated carbocycles. The summed E-state index contributed by atoms with van der Waals surface area (Å²) in [7, 11) is 0. The molecular weight excluding hydrogens is 360 g/mol. The van der Waals surface area contributed by atoms with Gasteiger partial charge in [0.05, 0.1) is 18.1 Å². The maximum atomic E-state index is 12.4. The normalized spacial score (nSPS) is 24.4. The second kappa shape index (κ2) is 10.8. The van der Waals surface area contributed by atoms with Gasteiger partial charge in [-0.15, -0.1) is 0 Å². The number of carboxylic acids is 1. The van der Waals surface area contributed by atoms with Gasteiger partial charge in [0.15, 0.2) is 5.78 Å². The maximum absolute atomic E-state index is 12.4. The van der Waals surface area contributed by atoms with Gasteiger partial charge >= 0.3 is 11.9 Å². The highest BCUT2D eigenvalue weighted by Gasteiger charge is 2.44. The second-order valence-corrected chi connectivity index (χ2v) is 7.23. The molecule has 152 valence electrons. The molecule has 2 rings (SSSR count). The van der Waals surface area contributed by atoms with Crippen LogP contribution in [0.25, 0.3) is 0 Å². The Morgan fingerprint density at radius 1 is 1.18 bits per heavy atom. The number of unbranched alkanes of at least 4 members (excludes halogenated alkanes) is 2. The number of carbonyl (C=O) groups is 3. The van der Waals surface area contributed by atoms with E-state index < -0.39 is 36.0 Å². The first-order chi connectivity index (χ1) is 13.4. The fourth-order valence-corrected chi connectivity index (χ4v) is 3.60. The molecule has 0 unspecified atom stereocenters. The number of carboxylic acid groups (broad SMARTS) is 1. The Hall–Kier alpha value is -2.47. The van der Waals surface area contributed by atoms with E-state index in [0.29, 0.717) is 12.0 Å². The van der Waals surface area contributed by atoms with Crippen LogP contribution in [0.4, 0.5) is 0 Å². The van der Waals surface area contributed by atoms with Crippen molar-refractivity contribution in [3.8, 4) is 0 Å². The average molecular weight is 388 g/mol. The van der Waals surface area contributed by atoms with E-state index in [1.807, 2.05) is 0 Å². The van der Waals surface area contributed by atoms with Crippen LogP contribution >= 0.6 is 0 Å². The van der Waals surface area contributed by atoms with E-state index in [-0.39, 0.29) is 18.6 Å². The van der Waals surface area contributed by atoms with Gasteiger partial charge in [0.1, 0.15) is 6.10 Å². The summed E-state index contributed by atoms with van der Waals surface area (Å²) >= 11 is 0. The molecule has 1 aliphatic rings. The largest absolute Gasteiger partial charge is 0.481 e. The molecular formula is C22H28O6. The predicted molar refractivity (Wildman–Crippen MR) is 104 cm³/mol. The SMILES string of the molecule is CCCCCC(=O)C=C[C@@H]1[C@@H](CC(=O)O)[C@@H](O)C[C@H]1OC(=O)c1ccccc1. The number of rotatable bonds is 10. The van der Waals surface area contributed by atoms with Gasteiger partial charge in [-0.25, -0.2) is 4.79 Å². The number of aliphatic hydroxyl groups excluding tert-OH is 1. The van der Waals surface area contributed by atoms with Crippen molar-refractivity contribution in [1.29, 1.82) is 0 Å². The molecule has 6 nitrogen and oxygen atoms in total. The van der Waals surface area contributed by atoms with Crippen LogP contribution in [0.1, 0.15) is 55.8 Å². The quantitative estimate of drug-likeness (QED) is 0.362. The number of ketones is 1. The van der Waals surface area contributed by atoms with Gasteiger partial charge in [-0.05, 0) is 24.6 Å². The lowest BCUT2D eigenvalue weighted by molar-refractivity contribution is -0.139. The summed E-state index contributed by atoms with van der Waals surface area (Å²) < 4.78 is 5.57.